The van der Waals surface area contributed by atoms with Crippen molar-refractivity contribution in [2.45, 2.75) is 12.5 Å². The maximum Gasteiger partial charge on any atom is 0.320 e. The molecule has 6 heteroatoms. The molecule has 1 rings (SSSR count). The Bertz CT molecular complexity index is 389. The summed E-state index contributed by atoms with van der Waals surface area (Å²) in [5.41, 5.74) is 11.7. The molecule has 6 nitrogen and oxygen atoms in total. The number of amides is 2. The zero-order chi connectivity index (χ0) is 12.1. The third kappa shape index (κ3) is 3.58. The number of hydrogen-bond acceptors (Lipinski definition) is 3. The number of benzene rings is 1. The van der Waals surface area contributed by atoms with Gasteiger partial charge in [0.2, 0.25) is 0 Å². The van der Waals surface area contributed by atoms with Crippen molar-refractivity contribution >= 4 is 17.7 Å². The van der Waals surface area contributed by atoms with Gasteiger partial charge in [-0.1, -0.05) is 12.1 Å². The number of urea groups is 1. The topological polar surface area (TPSA) is 118 Å². The maximum absolute atomic E-state index is 10.5. The monoisotopic (exact) mass is 223 g/mol. The molecule has 1 aromatic rings. The summed E-state index contributed by atoms with van der Waals surface area (Å²) in [6.45, 7) is 0. The minimum Gasteiger partial charge on any atom is -0.480 e. The average molecular weight is 223 g/mol. The Morgan fingerprint density at radius 3 is 2.31 bits per heavy atom. The maximum atomic E-state index is 10.5. The van der Waals surface area contributed by atoms with Gasteiger partial charge >= 0.3 is 12.0 Å². The second kappa shape index (κ2) is 5.13. The summed E-state index contributed by atoms with van der Waals surface area (Å²) in [4.78, 5) is 21.1. The largest absolute Gasteiger partial charge is 0.480 e. The molecule has 0 heterocycles. The molecule has 86 valence electrons. The number of carbonyl (C=O) groups excluding carboxylic acids is 1. The van der Waals surface area contributed by atoms with Gasteiger partial charge in [-0.3, -0.25) is 4.79 Å². The van der Waals surface area contributed by atoms with Gasteiger partial charge in [0, 0.05) is 5.69 Å². The molecule has 0 aliphatic carbocycles. The van der Waals surface area contributed by atoms with Crippen LogP contribution in [0.2, 0.25) is 0 Å². The van der Waals surface area contributed by atoms with Gasteiger partial charge in [-0.25, -0.2) is 4.79 Å². The predicted octanol–water partition coefficient (Wildman–Crippen LogP) is 0.132. The van der Waals surface area contributed by atoms with Crippen molar-refractivity contribution in [3.63, 3.8) is 0 Å². The Morgan fingerprint density at radius 2 is 1.88 bits per heavy atom. The molecule has 1 aromatic carbocycles. The zero-order valence-corrected chi connectivity index (χ0v) is 8.51. The first-order valence-corrected chi connectivity index (χ1v) is 4.63. The molecule has 0 radical (unpaired) electrons. The van der Waals surface area contributed by atoms with Gasteiger partial charge in [-0.2, -0.15) is 0 Å². The molecule has 16 heavy (non-hydrogen) atoms. The number of carbonyl (C=O) groups is 2. The van der Waals surface area contributed by atoms with Crippen molar-refractivity contribution in [2.24, 2.45) is 11.5 Å². The van der Waals surface area contributed by atoms with Gasteiger partial charge in [0.05, 0.1) is 0 Å². The summed E-state index contributed by atoms with van der Waals surface area (Å²) < 4.78 is 0. The minimum absolute atomic E-state index is 0.242. The van der Waals surface area contributed by atoms with Crippen LogP contribution >= 0.6 is 0 Å². The van der Waals surface area contributed by atoms with E-state index in [-0.39, 0.29) is 6.42 Å². The highest BCUT2D eigenvalue weighted by molar-refractivity contribution is 5.87. The van der Waals surface area contributed by atoms with E-state index in [0.29, 0.717) is 5.69 Å². The molecule has 0 bridgehead atoms. The van der Waals surface area contributed by atoms with Crippen molar-refractivity contribution < 1.29 is 14.7 Å². The van der Waals surface area contributed by atoms with Gasteiger partial charge in [0.15, 0.2) is 0 Å². The smallest absolute Gasteiger partial charge is 0.320 e. The van der Waals surface area contributed by atoms with E-state index in [1.807, 2.05) is 0 Å². The lowest BCUT2D eigenvalue weighted by molar-refractivity contribution is -0.138. The van der Waals surface area contributed by atoms with Gasteiger partial charge < -0.3 is 21.9 Å². The molecule has 0 unspecified atom stereocenters. The second-order valence-corrected chi connectivity index (χ2v) is 3.34. The summed E-state index contributed by atoms with van der Waals surface area (Å²) in [5.74, 6) is -1.04. The lowest BCUT2D eigenvalue weighted by atomic mass is 10.1. The van der Waals surface area contributed by atoms with Crippen molar-refractivity contribution in [3.05, 3.63) is 29.8 Å². The fourth-order valence-corrected chi connectivity index (χ4v) is 1.21. The van der Waals surface area contributed by atoms with Gasteiger partial charge in [-0.05, 0) is 24.1 Å². The molecule has 0 fully saturated rings. The highest BCUT2D eigenvalue weighted by Gasteiger charge is 2.11. The van der Waals surface area contributed by atoms with Crippen LogP contribution in [0.5, 0.6) is 0 Å². The summed E-state index contributed by atoms with van der Waals surface area (Å²) >= 11 is 0. The number of carboxylic acids is 1. The second-order valence-electron chi connectivity index (χ2n) is 3.34. The number of carboxylic acid groups (broad SMARTS) is 1. The number of rotatable bonds is 4. The van der Waals surface area contributed by atoms with E-state index in [1.54, 1.807) is 24.3 Å². The molecule has 2 amide bonds. The highest BCUT2D eigenvalue weighted by Crippen LogP contribution is 2.10. The molecule has 0 spiro atoms. The predicted molar refractivity (Wildman–Crippen MR) is 59.0 cm³/mol. The SMILES string of the molecule is NC(=O)Nc1ccc(C[C@@H](N)C(=O)O)cc1. The molecular weight excluding hydrogens is 210 g/mol. The van der Waals surface area contributed by atoms with E-state index in [0.717, 1.165) is 5.56 Å². The van der Waals surface area contributed by atoms with Crippen LogP contribution in [0, 0.1) is 0 Å². The number of hydrogen-bond donors (Lipinski definition) is 4. The first-order chi connectivity index (χ1) is 7.49. The number of primary amides is 1. The first-order valence-electron chi connectivity index (χ1n) is 4.63. The molecule has 0 saturated heterocycles. The van der Waals surface area contributed by atoms with Crippen LogP contribution in [-0.2, 0) is 11.2 Å². The average Bonchev–Trinajstić information content (AvgIpc) is 2.20. The van der Waals surface area contributed by atoms with E-state index in [4.69, 9.17) is 16.6 Å². The first kappa shape index (κ1) is 12.0. The summed E-state index contributed by atoms with van der Waals surface area (Å²) in [7, 11) is 0. The molecular formula is C10H13N3O3. The van der Waals surface area contributed by atoms with Crippen LogP contribution in [0.4, 0.5) is 10.5 Å². The standard InChI is InChI=1S/C10H13N3O3/c11-8(9(14)15)5-6-1-3-7(4-2-6)13-10(12)16/h1-4,8H,5,11H2,(H,14,15)(H3,12,13,16)/t8-/m1/s1. The van der Waals surface area contributed by atoms with Gasteiger partial charge in [0.25, 0.3) is 0 Å². The van der Waals surface area contributed by atoms with E-state index < -0.39 is 18.0 Å². The molecule has 0 aliphatic rings. The molecule has 0 aliphatic heterocycles. The number of anilines is 1. The number of nitrogens with one attached hydrogen (secondary N) is 1. The van der Waals surface area contributed by atoms with Gasteiger partial charge in [0.1, 0.15) is 6.04 Å². The Kier molecular flexibility index (Phi) is 3.84. The third-order valence-corrected chi connectivity index (χ3v) is 1.99. The van der Waals surface area contributed by atoms with Crippen molar-refractivity contribution in [1.29, 1.82) is 0 Å². The number of aliphatic carboxylic acids is 1. The molecule has 0 aromatic heterocycles. The third-order valence-electron chi connectivity index (χ3n) is 1.99. The van der Waals surface area contributed by atoms with Gasteiger partial charge in [-0.15, -0.1) is 0 Å². The normalized spacial score (nSPS) is 11.8. The molecule has 1 atom stereocenters. The van der Waals surface area contributed by atoms with Crippen LogP contribution in [0.25, 0.3) is 0 Å². The summed E-state index contributed by atoms with van der Waals surface area (Å²) in [6.07, 6.45) is 0.242. The van der Waals surface area contributed by atoms with Crippen LogP contribution in [0.3, 0.4) is 0 Å². The van der Waals surface area contributed by atoms with E-state index in [1.165, 1.54) is 0 Å². The Hall–Kier alpha value is -2.08. The molecule has 0 saturated carbocycles. The van der Waals surface area contributed by atoms with Crippen LogP contribution in [0.1, 0.15) is 5.56 Å². The fourth-order valence-electron chi connectivity index (χ4n) is 1.21. The van der Waals surface area contributed by atoms with Crippen LogP contribution in [-0.4, -0.2) is 23.1 Å². The van der Waals surface area contributed by atoms with E-state index >= 15 is 0 Å². The Labute approximate surface area is 92.2 Å². The fraction of sp³-hybridized carbons (Fsp3) is 0.200. The quantitative estimate of drug-likeness (QED) is 0.580. The molecule has 6 N–H and O–H groups in total. The van der Waals surface area contributed by atoms with Crippen molar-refractivity contribution in [1.82, 2.24) is 0 Å². The van der Waals surface area contributed by atoms with Crippen LogP contribution < -0.4 is 16.8 Å². The van der Waals surface area contributed by atoms with Crippen molar-refractivity contribution in [2.75, 3.05) is 5.32 Å². The van der Waals surface area contributed by atoms with Crippen LogP contribution in [0.15, 0.2) is 24.3 Å². The highest BCUT2D eigenvalue weighted by atomic mass is 16.4. The lowest BCUT2D eigenvalue weighted by Gasteiger charge is -2.07. The van der Waals surface area contributed by atoms with Crippen molar-refractivity contribution in [3.8, 4) is 0 Å². The Morgan fingerprint density at radius 1 is 1.31 bits per heavy atom. The number of nitrogens with two attached hydrogens (primary N) is 2. The zero-order valence-electron chi connectivity index (χ0n) is 8.51. The lowest BCUT2D eigenvalue weighted by Crippen LogP contribution is -2.32. The summed E-state index contributed by atoms with van der Waals surface area (Å²) in [5, 5.41) is 11.0. The Balaban J connectivity index is 2.64. The summed E-state index contributed by atoms with van der Waals surface area (Å²) in [6, 6.07) is 5.08. The van der Waals surface area contributed by atoms with E-state index in [2.05, 4.69) is 5.32 Å². The van der Waals surface area contributed by atoms with E-state index in [9.17, 15) is 9.59 Å². The minimum atomic E-state index is -1.04.